The molecule has 1 heterocycles. The monoisotopic (exact) mass is 349 g/mol. The zero-order valence-electron chi connectivity index (χ0n) is 13.5. The number of carbonyl (C=O) groups excluding carboxylic acids is 2. The van der Waals surface area contributed by atoms with E-state index in [4.69, 9.17) is 10.5 Å². The Balaban J connectivity index is 1.86. The topological polar surface area (TPSA) is 112 Å². The van der Waals surface area contributed by atoms with Gasteiger partial charge in [0.05, 0.1) is 12.9 Å². The van der Waals surface area contributed by atoms with Crippen molar-refractivity contribution in [3.05, 3.63) is 30.1 Å². The molecule has 0 saturated heterocycles. The van der Waals surface area contributed by atoms with Crippen LogP contribution in [0, 0.1) is 0 Å². The maximum absolute atomic E-state index is 12.0. The number of amides is 2. The first kappa shape index (κ1) is 17.8. The number of nitrogens with zero attached hydrogens (tertiary/aromatic N) is 3. The first-order valence-corrected chi connectivity index (χ1v) is 8.21. The first-order chi connectivity index (χ1) is 11.5. The van der Waals surface area contributed by atoms with Crippen molar-refractivity contribution in [3.8, 4) is 5.75 Å². The Labute approximate surface area is 143 Å². The number of nitrogens with one attached hydrogen (secondary N) is 1. The number of anilines is 1. The molecule has 8 nitrogen and oxygen atoms in total. The molecule has 2 aromatic rings. The van der Waals surface area contributed by atoms with Crippen molar-refractivity contribution in [2.75, 3.05) is 18.2 Å². The van der Waals surface area contributed by atoms with E-state index in [0.29, 0.717) is 23.1 Å². The van der Waals surface area contributed by atoms with E-state index < -0.39 is 0 Å². The molecule has 0 unspecified atom stereocenters. The van der Waals surface area contributed by atoms with Gasteiger partial charge >= 0.3 is 0 Å². The predicted molar refractivity (Wildman–Crippen MR) is 90.9 cm³/mol. The second-order valence-electron chi connectivity index (χ2n) is 4.99. The van der Waals surface area contributed by atoms with Crippen LogP contribution >= 0.6 is 11.8 Å². The number of carbonyl (C=O) groups is 2. The summed E-state index contributed by atoms with van der Waals surface area (Å²) >= 11 is 1.27. The Morgan fingerprint density at radius 3 is 2.62 bits per heavy atom. The lowest BCUT2D eigenvalue weighted by molar-refractivity contribution is -0.118. The Kier molecular flexibility index (Phi) is 6.19. The molecule has 128 valence electrons. The number of hydrogen-bond acceptors (Lipinski definition) is 6. The summed E-state index contributed by atoms with van der Waals surface area (Å²) in [6.07, 6.45) is 0.645. The number of rotatable bonds is 8. The molecule has 0 radical (unpaired) electrons. The normalized spacial score (nSPS) is 10.4. The standard InChI is InChI=1S/C15H19N5O3S/c1-20-13(8-7-12(16)21)18-19-15(20)24-9-14(22)17-10-3-5-11(23-2)6-4-10/h3-6H,7-9H2,1-2H3,(H2,16,21)(H,17,22). The summed E-state index contributed by atoms with van der Waals surface area (Å²) in [6, 6.07) is 7.09. The van der Waals surface area contributed by atoms with Crippen LogP contribution < -0.4 is 15.8 Å². The molecule has 0 fully saturated rings. The zero-order chi connectivity index (χ0) is 17.5. The van der Waals surface area contributed by atoms with Gasteiger partial charge in [0, 0.05) is 25.6 Å². The molecule has 0 saturated carbocycles. The average Bonchev–Trinajstić information content (AvgIpc) is 2.92. The van der Waals surface area contributed by atoms with E-state index in [0.717, 1.165) is 5.75 Å². The largest absolute Gasteiger partial charge is 0.497 e. The van der Waals surface area contributed by atoms with Crippen LogP contribution in [0.15, 0.2) is 29.4 Å². The molecular weight excluding hydrogens is 330 g/mol. The third-order valence-corrected chi connectivity index (χ3v) is 4.25. The molecule has 1 aromatic heterocycles. The van der Waals surface area contributed by atoms with Crippen molar-refractivity contribution in [2.24, 2.45) is 12.8 Å². The second-order valence-corrected chi connectivity index (χ2v) is 5.93. The number of nitrogens with two attached hydrogens (primary N) is 1. The van der Waals surface area contributed by atoms with Crippen LogP contribution in [0.2, 0.25) is 0 Å². The highest BCUT2D eigenvalue weighted by Gasteiger charge is 2.12. The van der Waals surface area contributed by atoms with E-state index in [2.05, 4.69) is 15.5 Å². The van der Waals surface area contributed by atoms with Gasteiger partial charge in [-0.15, -0.1) is 10.2 Å². The summed E-state index contributed by atoms with van der Waals surface area (Å²) in [6.45, 7) is 0. The van der Waals surface area contributed by atoms with Crippen molar-refractivity contribution in [1.82, 2.24) is 14.8 Å². The fraction of sp³-hybridized carbons (Fsp3) is 0.333. The smallest absolute Gasteiger partial charge is 0.234 e. The van der Waals surface area contributed by atoms with Gasteiger partial charge in [-0.25, -0.2) is 0 Å². The van der Waals surface area contributed by atoms with E-state index in [-0.39, 0.29) is 24.0 Å². The minimum Gasteiger partial charge on any atom is -0.497 e. The van der Waals surface area contributed by atoms with Crippen molar-refractivity contribution in [3.63, 3.8) is 0 Å². The van der Waals surface area contributed by atoms with E-state index >= 15 is 0 Å². The quantitative estimate of drug-likeness (QED) is 0.687. The number of thioether (sulfide) groups is 1. The lowest BCUT2D eigenvalue weighted by Gasteiger charge is -2.06. The van der Waals surface area contributed by atoms with E-state index in [1.807, 2.05) is 0 Å². The van der Waals surface area contributed by atoms with Crippen molar-refractivity contribution in [2.45, 2.75) is 18.0 Å². The summed E-state index contributed by atoms with van der Waals surface area (Å²) < 4.78 is 6.82. The van der Waals surface area contributed by atoms with Gasteiger partial charge in [-0.1, -0.05) is 11.8 Å². The van der Waals surface area contributed by atoms with Gasteiger partial charge in [-0.2, -0.15) is 0 Å². The van der Waals surface area contributed by atoms with Gasteiger partial charge in [0.1, 0.15) is 11.6 Å². The van der Waals surface area contributed by atoms with Gasteiger partial charge in [0.25, 0.3) is 0 Å². The van der Waals surface area contributed by atoms with Crippen molar-refractivity contribution < 1.29 is 14.3 Å². The minimum absolute atomic E-state index is 0.146. The summed E-state index contributed by atoms with van der Waals surface area (Å²) in [5.74, 6) is 1.06. The fourth-order valence-corrected chi connectivity index (χ4v) is 2.65. The maximum Gasteiger partial charge on any atom is 0.234 e. The SMILES string of the molecule is COc1ccc(NC(=O)CSc2nnc(CCC(N)=O)n2C)cc1. The molecule has 9 heteroatoms. The number of aryl methyl sites for hydroxylation is 1. The molecule has 0 aliphatic heterocycles. The molecular formula is C15H19N5O3S. The molecule has 0 spiro atoms. The van der Waals surface area contributed by atoms with Crippen LogP contribution in [0.3, 0.4) is 0 Å². The molecule has 0 aliphatic carbocycles. The Morgan fingerprint density at radius 1 is 1.29 bits per heavy atom. The highest BCUT2D eigenvalue weighted by molar-refractivity contribution is 7.99. The summed E-state index contributed by atoms with van der Waals surface area (Å²) in [5, 5.41) is 11.4. The van der Waals surface area contributed by atoms with Gasteiger partial charge in [0.2, 0.25) is 11.8 Å². The molecule has 2 amide bonds. The molecule has 1 aromatic carbocycles. The lowest BCUT2D eigenvalue weighted by Crippen LogP contribution is -2.14. The molecule has 0 atom stereocenters. The van der Waals surface area contributed by atoms with Crippen molar-refractivity contribution >= 4 is 29.3 Å². The van der Waals surface area contributed by atoms with Crippen LogP contribution in [-0.2, 0) is 23.1 Å². The third kappa shape index (κ3) is 4.98. The number of ether oxygens (including phenoxy) is 1. The first-order valence-electron chi connectivity index (χ1n) is 7.23. The van der Waals surface area contributed by atoms with E-state index in [9.17, 15) is 9.59 Å². The second kappa shape index (κ2) is 8.34. The van der Waals surface area contributed by atoms with Gasteiger partial charge in [-0.05, 0) is 24.3 Å². The number of primary amides is 1. The van der Waals surface area contributed by atoms with Crippen LogP contribution in [0.4, 0.5) is 5.69 Å². The van der Waals surface area contributed by atoms with Crippen LogP contribution in [0.5, 0.6) is 5.75 Å². The third-order valence-electron chi connectivity index (χ3n) is 3.23. The molecule has 24 heavy (non-hydrogen) atoms. The van der Waals surface area contributed by atoms with Gasteiger partial charge < -0.3 is 20.4 Å². The molecule has 0 bridgehead atoms. The Morgan fingerprint density at radius 2 is 2.00 bits per heavy atom. The predicted octanol–water partition coefficient (Wildman–Crippen LogP) is 0.972. The summed E-state index contributed by atoms with van der Waals surface area (Å²) in [4.78, 5) is 22.8. The fourth-order valence-electron chi connectivity index (χ4n) is 1.92. The molecule has 3 N–H and O–H groups in total. The average molecular weight is 349 g/mol. The van der Waals surface area contributed by atoms with E-state index in [1.54, 1.807) is 43.0 Å². The van der Waals surface area contributed by atoms with Crippen LogP contribution in [-0.4, -0.2) is 39.4 Å². The van der Waals surface area contributed by atoms with Crippen LogP contribution in [0.1, 0.15) is 12.2 Å². The Bertz CT molecular complexity index is 714. The van der Waals surface area contributed by atoms with Gasteiger partial charge in [0.15, 0.2) is 5.16 Å². The highest BCUT2D eigenvalue weighted by Crippen LogP contribution is 2.18. The number of methoxy groups -OCH3 is 1. The summed E-state index contributed by atoms with van der Waals surface area (Å²) in [5.41, 5.74) is 5.82. The molecule has 0 aliphatic rings. The number of benzene rings is 1. The molecule has 2 rings (SSSR count). The number of aromatic nitrogens is 3. The van der Waals surface area contributed by atoms with E-state index in [1.165, 1.54) is 11.8 Å². The Hall–Kier alpha value is -2.55. The van der Waals surface area contributed by atoms with Gasteiger partial charge in [-0.3, -0.25) is 9.59 Å². The summed E-state index contributed by atoms with van der Waals surface area (Å²) in [7, 11) is 3.38. The number of hydrogen-bond donors (Lipinski definition) is 2. The van der Waals surface area contributed by atoms with Crippen LogP contribution in [0.25, 0.3) is 0 Å². The highest BCUT2D eigenvalue weighted by atomic mass is 32.2. The van der Waals surface area contributed by atoms with Crippen molar-refractivity contribution in [1.29, 1.82) is 0 Å². The minimum atomic E-state index is -0.383. The maximum atomic E-state index is 12.0. The lowest BCUT2D eigenvalue weighted by atomic mass is 10.3. The zero-order valence-corrected chi connectivity index (χ0v) is 14.3.